The molecular weight excluding hydrogens is 307 g/mol. The van der Waals surface area contributed by atoms with Crippen molar-refractivity contribution in [1.82, 2.24) is 10.2 Å². The number of benzene rings is 1. The minimum Gasteiger partial charge on any atom is -0.478 e. The highest BCUT2D eigenvalue weighted by atomic mass is 35.5. The van der Waals surface area contributed by atoms with E-state index in [0.29, 0.717) is 5.69 Å². The maximum Gasteiger partial charge on any atom is 0.337 e. The van der Waals surface area contributed by atoms with Crippen molar-refractivity contribution in [3.8, 4) is 0 Å². The second-order valence-corrected chi connectivity index (χ2v) is 4.53. The number of hydrogen-bond donors (Lipinski definition) is 4. The quantitative estimate of drug-likeness (QED) is 0.698. The molecule has 0 saturated carbocycles. The largest absolute Gasteiger partial charge is 0.478 e. The Hall–Kier alpha value is -2.25. The molecule has 0 spiro atoms. The van der Waals surface area contributed by atoms with Crippen LogP contribution in [0.3, 0.4) is 0 Å². The highest BCUT2D eigenvalue weighted by molar-refractivity contribution is 6.37. The predicted octanol–water partition coefficient (Wildman–Crippen LogP) is 3.06. The lowest BCUT2D eigenvalue weighted by Gasteiger charge is -2.11. The zero-order chi connectivity index (χ0) is 14.7. The monoisotopic (exact) mass is 314 g/mol. The molecule has 0 atom stereocenters. The van der Waals surface area contributed by atoms with E-state index in [2.05, 4.69) is 20.8 Å². The van der Waals surface area contributed by atoms with Crippen molar-refractivity contribution in [3.63, 3.8) is 0 Å². The van der Waals surface area contributed by atoms with Gasteiger partial charge in [-0.25, -0.2) is 9.59 Å². The number of aromatic carboxylic acids is 1. The Bertz CT molecular complexity index is 658. The number of anilines is 2. The molecule has 1 heterocycles. The van der Waals surface area contributed by atoms with E-state index in [9.17, 15) is 9.59 Å². The third kappa shape index (κ3) is 3.19. The van der Waals surface area contributed by atoms with Crippen LogP contribution in [0.25, 0.3) is 0 Å². The average molecular weight is 315 g/mol. The second kappa shape index (κ2) is 5.81. The predicted molar refractivity (Wildman–Crippen MR) is 74.7 cm³/mol. The molecule has 9 heteroatoms. The third-order valence-corrected chi connectivity index (χ3v) is 2.80. The number of H-pyrrole nitrogens is 1. The first-order chi connectivity index (χ1) is 9.47. The summed E-state index contributed by atoms with van der Waals surface area (Å²) >= 11 is 11.6. The molecule has 2 amide bonds. The number of urea groups is 1. The number of nitrogens with zero attached hydrogens (tertiary/aromatic N) is 1. The standard InChI is InChI=1S/C11H8Cl2N4O3/c12-5-1-7(10(18)19)9(8(13)2-5)17-11(20)16-6-3-14-15-4-6/h1-4H,(H,14,15)(H,18,19)(H2,16,17,20). The van der Waals surface area contributed by atoms with Gasteiger partial charge in [0.15, 0.2) is 0 Å². The van der Waals surface area contributed by atoms with Gasteiger partial charge in [-0.15, -0.1) is 0 Å². The number of carbonyl (C=O) groups excluding carboxylic acids is 1. The van der Waals surface area contributed by atoms with Gasteiger partial charge < -0.3 is 15.7 Å². The molecule has 104 valence electrons. The molecular formula is C11H8Cl2N4O3. The molecule has 1 aromatic heterocycles. The van der Waals surface area contributed by atoms with E-state index in [1.807, 2.05) is 0 Å². The van der Waals surface area contributed by atoms with Crippen LogP contribution >= 0.6 is 23.2 Å². The minimum absolute atomic E-state index is 0.0252. The average Bonchev–Trinajstić information content (AvgIpc) is 2.84. The minimum atomic E-state index is -1.26. The number of aromatic nitrogens is 2. The number of amides is 2. The summed E-state index contributed by atoms with van der Waals surface area (Å²) in [4.78, 5) is 22.9. The first kappa shape index (κ1) is 14.2. The Labute approximate surface area is 122 Å². The summed E-state index contributed by atoms with van der Waals surface area (Å²) in [6, 6.07) is 1.88. The van der Waals surface area contributed by atoms with Crippen LogP contribution in [0.4, 0.5) is 16.2 Å². The lowest BCUT2D eigenvalue weighted by Crippen LogP contribution is -2.21. The summed E-state index contributed by atoms with van der Waals surface area (Å²) in [6.45, 7) is 0. The molecule has 20 heavy (non-hydrogen) atoms. The number of carboxylic acids is 1. The Morgan fingerprint density at radius 2 is 2.00 bits per heavy atom. The van der Waals surface area contributed by atoms with E-state index in [-0.39, 0.29) is 21.3 Å². The van der Waals surface area contributed by atoms with Crippen LogP contribution in [0, 0.1) is 0 Å². The van der Waals surface area contributed by atoms with Gasteiger partial charge in [-0.05, 0) is 12.1 Å². The maximum absolute atomic E-state index is 11.7. The fraction of sp³-hybridized carbons (Fsp3) is 0. The van der Waals surface area contributed by atoms with Crippen LogP contribution in [0.15, 0.2) is 24.5 Å². The Kier molecular flexibility index (Phi) is 4.11. The second-order valence-electron chi connectivity index (χ2n) is 3.68. The number of nitrogens with one attached hydrogen (secondary N) is 3. The SMILES string of the molecule is O=C(Nc1cn[nH]c1)Nc1c(Cl)cc(Cl)cc1C(=O)O. The van der Waals surface area contributed by atoms with Gasteiger partial charge in [0.2, 0.25) is 0 Å². The molecule has 0 aliphatic carbocycles. The zero-order valence-corrected chi connectivity index (χ0v) is 11.3. The summed E-state index contributed by atoms with van der Waals surface area (Å²) in [6.07, 6.45) is 2.85. The van der Waals surface area contributed by atoms with E-state index in [1.54, 1.807) is 0 Å². The molecule has 0 aliphatic heterocycles. The summed E-state index contributed by atoms with van der Waals surface area (Å²) in [5.41, 5.74) is 0.180. The fourth-order valence-electron chi connectivity index (χ4n) is 1.46. The Morgan fingerprint density at radius 1 is 1.25 bits per heavy atom. The molecule has 7 nitrogen and oxygen atoms in total. The number of carbonyl (C=O) groups is 2. The first-order valence-electron chi connectivity index (χ1n) is 5.26. The van der Waals surface area contributed by atoms with Crippen molar-refractivity contribution >= 4 is 46.6 Å². The van der Waals surface area contributed by atoms with Crippen LogP contribution in [0.2, 0.25) is 10.0 Å². The van der Waals surface area contributed by atoms with Gasteiger partial charge in [0, 0.05) is 11.2 Å². The van der Waals surface area contributed by atoms with E-state index in [1.165, 1.54) is 24.5 Å². The van der Waals surface area contributed by atoms with Gasteiger partial charge in [0.05, 0.1) is 28.2 Å². The van der Waals surface area contributed by atoms with Gasteiger partial charge in [-0.3, -0.25) is 5.10 Å². The zero-order valence-electron chi connectivity index (χ0n) is 9.78. The van der Waals surface area contributed by atoms with Crippen LogP contribution in [0.5, 0.6) is 0 Å². The number of halogens is 2. The topological polar surface area (TPSA) is 107 Å². The molecule has 2 rings (SSSR count). The summed E-state index contributed by atoms with van der Waals surface area (Å²) in [5.74, 6) is -1.26. The van der Waals surface area contributed by atoms with E-state index in [4.69, 9.17) is 28.3 Å². The van der Waals surface area contributed by atoms with Gasteiger partial charge in [0.25, 0.3) is 0 Å². The number of rotatable bonds is 3. The normalized spacial score (nSPS) is 10.1. The molecule has 0 aliphatic rings. The molecule has 4 N–H and O–H groups in total. The number of aromatic amines is 1. The van der Waals surface area contributed by atoms with Crippen molar-refractivity contribution < 1.29 is 14.7 Å². The third-order valence-electron chi connectivity index (χ3n) is 2.28. The van der Waals surface area contributed by atoms with Crippen LogP contribution < -0.4 is 10.6 Å². The molecule has 0 unspecified atom stereocenters. The molecule has 0 bridgehead atoms. The van der Waals surface area contributed by atoms with Crippen molar-refractivity contribution in [2.24, 2.45) is 0 Å². The Balaban J connectivity index is 2.24. The van der Waals surface area contributed by atoms with Crippen molar-refractivity contribution in [3.05, 3.63) is 40.1 Å². The van der Waals surface area contributed by atoms with Crippen LogP contribution in [-0.2, 0) is 0 Å². The lowest BCUT2D eigenvalue weighted by atomic mass is 10.2. The number of hydrogen-bond acceptors (Lipinski definition) is 3. The maximum atomic E-state index is 11.7. The van der Waals surface area contributed by atoms with Crippen molar-refractivity contribution in [2.75, 3.05) is 10.6 Å². The summed E-state index contributed by atoms with van der Waals surface area (Å²) in [5, 5.41) is 20.2. The van der Waals surface area contributed by atoms with Crippen molar-refractivity contribution in [2.45, 2.75) is 0 Å². The molecule has 0 radical (unpaired) electrons. The molecule has 1 aromatic carbocycles. The number of carboxylic acid groups (broad SMARTS) is 1. The molecule has 0 fully saturated rings. The molecule has 2 aromatic rings. The Morgan fingerprint density at radius 3 is 2.60 bits per heavy atom. The summed E-state index contributed by atoms with van der Waals surface area (Å²) < 4.78 is 0. The van der Waals surface area contributed by atoms with Crippen LogP contribution in [0.1, 0.15) is 10.4 Å². The van der Waals surface area contributed by atoms with Gasteiger partial charge >= 0.3 is 12.0 Å². The van der Waals surface area contributed by atoms with E-state index >= 15 is 0 Å². The van der Waals surface area contributed by atoms with Gasteiger partial charge in [-0.2, -0.15) is 5.10 Å². The van der Waals surface area contributed by atoms with Gasteiger partial charge in [0.1, 0.15) is 0 Å². The smallest absolute Gasteiger partial charge is 0.337 e. The summed E-state index contributed by atoms with van der Waals surface area (Å²) in [7, 11) is 0. The van der Waals surface area contributed by atoms with Crippen LogP contribution in [-0.4, -0.2) is 27.3 Å². The van der Waals surface area contributed by atoms with E-state index < -0.39 is 12.0 Å². The lowest BCUT2D eigenvalue weighted by molar-refractivity contribution is 0.0698. The fourth-order valence-corrected chi connectivity index (χ4v) is 2.01. The first-order valence-corrected chi connectivity index (χ1v) is 6.02. The highest BCUT2D eigenvalue weighted by Crippen LogP contribution is 2.30. The van der Waals surface area contributed by atoms with Crippen molar-refractivity contribution in [1.29, 1.82) is 0 Å². The van der Waals surface area contributed by atoms with E-state index in [0.717, 1.165) is 0 Å². The molecule has 0 saturated heterocycles. The van der Waals surface area contributed by atoms with Gasteiger partial charge in [-0.1, -0.05) is 23.2 Å². The highest BCUT2D eigenvalue weighted by Gasteiger charge is 2.17.